The summed E-state index contributed by atoms with van der Waals surface area (Å²) in [4.78, 5) is 17.8. The van der Waals surface area contributed by atoms with Crippen LogP contribution in [0.25, 0.3) is 11.1 Å². The van der Waals surface area contributed by atoms with E-state index in [0.29, 0.717) is 17.7 Å². The molecule has 5 heteroatoms. The minimum Gasteiger partial charge on any atom is -0.388 e. The first-order chi connectivity index (χ1) is 16.5. The van der Waals surface area contributed by atoms with E-state index < -0.39 is 0 Å². The lowest BCUT2D eigenvalue weighted by molar-refractivity contribution is 0.102. The molecule has 0 atom stereocenters. The first kappa shape index (κ1) is 22.6. The van der Waals surface area contributed by atoms with Gasteiger partial charge in [-0.05, 0) is 97.0 Å². The molecule has 0 radical (unpaired) electrons. The van der Waals surface area contributed by atoms with Crippen LogP contribution in [0.15, 0.2) is 48.7 Å². The largest absolute Gasteiger partial charge is 0.388 e. The zero-order chi connectivity index (χ0) is 23.7. The van der Waals surface area contributed by atoms with Gasteiger partial charge in [-0.25, -0.2) is 0 Å². The molecule has 5 rings (SSSR count). The third kappa shape index (κ3) is 4.58. The van der Waals surface area contributed by atoms with E-state index in [-0.39, 0.29) is 5.91 Å². The summed E-state index contributed by atoms with van der Waals surface area (Å²) in [6.07, 6.45) is 8.17. The molecule has 1 heterocycles. The Morgan fingerprint density at radius 2 is 1.65 bits per heavy atom. The van der Waals surface area contributed by atoms with Gasteiger partial charge in [-0.2, -0.15) is 0 Å². The summed E-state index contributed by atoms with van der Waals surface area (Å²) >= 11 is 0. The van der Waals surface area contributed by atoms with Crippen LogP contribution >= 0.6 is 0 Å². The van der Waals surface area contributed by atoms with Crippen LogP contribution in [0.1, 0.15) is 70.8 Å². The second-order valence-corrected chi connectivity index (χ2v) is 9.71. The summed E-state index contributed by atoms with van der Waals surface area (Å²) in [5, 5.41) is 10.0. The van der Waals surface area contributed by atoms with Crippen molar-refractivity contribution in [2.24, 2.45) is 0 Å². The highest BCUT2D eigenvalue weighted by atomic mass is 16.1. The SMILES string of the molecule is CNc1cccc(-c2cccc(NC(=O)c3cc(C4CC4)c(CNC4CCC4)cn3)c2C)c1C. The van der Waals surface area contributed by atoms with Gasteiger partial charge in [0.15, 0.2) is 0 Å². The summed E-state index contributed by atoms with van der Waals surface area (Å²) in [6.45, 7) is 5.03. The Labute approximate surface area is 202 Å². The van der Waals surface area contributed by atoms with Crippen LogP contribution in [0.5, 0.6) is 0 Å². The van der Waals surface area contributed by atoms with Crippen molar-refractivity contribution in [2.45, 2.75) is 64.5 Å². The molecule has 5 nitrogen and oxygen atoms in total. The molecule has 1 aromatic heterocycles. The van der Waals surface area contributed by atoms with Gasteiger partial charge < -0.3 is 16.0 Å². The topological polar surface area (TPSA) is 66.0 Å². The van der Waals surface area contributed by atoms with Gasteiger partial charge >= 0.3 is 0 Å². The van der Waals surface area contributed by atoms with Gasteiger partial charge in [0.1, 0.15) is 5.69 Å². The third-order valence-corrected chi connectivity index (χ3v) is 7.43. The van der Waals surface area contributed by atoms with Gasteiger partial charge in [0, 0.05) is 37.2 Å². The fourth-order valence-electron chi connectivity index (χ4n) is 4.86. The van der Waals surface area contributed by atoms with Crippen LogP contribution in [-0.4, -0.2) is 24.0 Å². The Kier molecular flexibility index (Phi) is 6.38. The summed E-state index contributed by atoms with van der Waals surface area (Å²) < 4.78 is 0. The molecule has 176 valence electrons. The highest BCUT2D eigenvalue weighted by molar-refractivity contribution is 6.04. The third-order valence-electron chi connectivity index (χ3n) is 7.43. The van der Waals surface area contributed by atoms with E-state index in [1.165, 1.54) is 48.8 Å². The van der Waals surface area contributed by atoms with Gasteiger partial charge in [0.2, 0.25) is 0 Å². The van der Waals surface area contributed by atoms with Gasteiger partial charge in [-0.15, -0.1) is 0 Å². The van der Waals surface area contributed by atoms with Gasteiger partial charge in [-0.3, -0.25) is 9.78 Å². The molecule has 0 bridgehead atoms. The molecule has 0 aliphatic heterocycles. The molecule has 2 aliphatic rings. The normalized spacial score (nSPS) is 15.6. The quantitative estimate of drug-likeness (QED) is 0.380. The predicted octanol–water partition coefficient (Wildman–Crippen LogP) is 6.18. The monoisotopic (exact) mass is 454 g/mol. The van der Waals surface area contributed by atoms with E-state index in [4.69, 9.17) is 0 Å². The number of pyridine rings is 1. The van der Waals surface area contributed by atoms with Crippen LogP contribution in [0.2, 0.25) is 0 Å². The predicted molar refractivity (Wildman–Crippen MR) is 140 cm³/mol. The highest BCUT2D eigenvalue weighted by Crippen LogP contribution is 2.42. The van der Waals surface area contributed by atoms with E-state index in [2.05, 4.69) is 59.0 Å². The van der Waals surface area contributed by atoms with Crippen LogP contribution in [0, 0.1) is 13.8 Å². The highest BCUT2D eigenvalue weighted by Gasteiger charge is 2.28. The summed E-state index contributed by atoms with van der Waals surface area (Å²) in [6, 6.07) is 15.0. The van der Waals surface area contributed by atoms with Crippen LogP contribution < -0.4 is 16.0 Å². The number of hydrogen-bond donors (Lipinski definition) is 3. The van der Waals surface area contributed by atoms with Crippen molar-refractivity contribution < 1.29 is 4.79 Å². The Balaban J connectivity index is 1.37. The molecule has 0 spiro atoms. The number of amides is 1. The number of benzene rings is 2. The number of rotatable bonds is 8. The van der Waals surface area contributed by atoms with Crippen molar-refractivity contribution in [3.8, 4) is 11.1 Å². The fourth-order valence-corrected chi connectivity index (χ4v) is 4.86. The minimum absolute atomic E-state index is 0.152. The van der Waals surface area contributed by atoms with Crippen molar-refractivity contribution in [3.63, 3.8) is 0 Å². The average Bonchev–Trinajstić information content (AvgIpc) is 3.65. The van der Waals surface area contributed by atoms with Crippen molar-refractivity contribution >= 4 is 17.3 Å². The lowest BCUT2D eigenvalue weighted by Crippen LogP contribution is -2.34. The fraction of sp³-hybridized carbons (Fsp3) is 0.379. The van der Waals surface area contributed by atoms with E-state index in [1.807, 2.05) is 31.4 Å². The first-order valence-electron chi connectivity index (χ1n) is 12.5. The van der Waals surface area contributed by atoms with E-state index >= 15 is 0 Å². The molecule has 1 amide bonds. The maximum absolute atomic E-state index is 13.2. The summed E-state index contributed by atoms with van der Waals surface area (Å²) in [7, 11) is 1.94. The molecule has 2 aromatic carbocycles. The van der Waals surface area contributed by atoms with Gasteiger partial charge in [0.05, 0.1) is 0 Å². The molecule has 2 fully saturated rings. The zero-order valence-corrected chi connectivity index (χ0v) is 20.4. The molecule has 2 aliphatic carbocycles. The smallest absolute Gasteiger partial charge is 0.274 e. The van der Waals surface area contributed by atoms with Crippen LogP contribution in [0.3, 0.4) is 0 Å². The Morgan fingerprint density at radius 1 is 0.971 bits per heavy atom. The van der Waals surface area contributed by atoms with Crippen molar-refractivity contribution in [2.75, 3.05) is 17.7 Å². The second-order valence-electron chi connectivity index (χ2n) is 9.71. The number of nitrogens with one attached hydrogen (secondary N) is 3. The molecule has 0 unspecified atom stereocenters. The number of aromatic nitrogens is 1. The Hall–Kier alpha value is -3.18. The Morgan fingerprint density at radius 3 is 2.26 bits per heavy atom. The van der Waals surface area contributed by atoms with E-state index in [0.717, 1.165) is 34.6 Å². The maximum atomic E-state index is 13.2. The standard InChI is InChI=1S/C29H34N4O/c1-18-23(9-5-11-26(18)30-3)24-10-6-12-27(19(24)2)33-29(34)28-15-25(20-13-14-20)21(17-32-28)16-31-22-7-4-8-22/h5-6,9-12,15,17,20,22,30-31H,4,7-8,13-14,16H2,1-3H3,(H,33,34). The summed E-state index contributed by atoms with van der Waals surface area (Å²) in [5.74, 6) is 0.418. The lowest BCUT2D eigenvalue weighted by Gasteiger charge is -2.27. The second kappa shape index (κ2) is 9.59. The molecular weight excluding hydrogens is 420 g/mol. The van der Waals surface area contributed by atoms with E-state index in [9.17, 15) is 4.79 Å². The maximum Gasteiger partial charge on any atom is 0.274 e. The first-order valence-corrected chi connectivity index (χ1v) is 12.5. The Bertz CT molecular complexity index is 1210. The van der Waals surface area contributed by atoms with Gasteiger partial charge in [0.25, 0.3) is 5.91 Å². The number of carbonyl (C=O) groups excluding carboxylic acids is 1. The van der Waals surface area contributed by atoms with Crippen LogP contribution in [0.4, 0.5) is 11.4 Å². The van der Waals surface area contributed by atoms with E-state index in [1.54, 1.807) is 0 Å². The van der Waals surface area contributed by atoms with Crippen molar-refractivity contribution in [1.82, 2.24) is 10.3 Å². The number of anilines is 2. The molecule has 0 saturated heterocycles. The molecule has 3 aromatic rings. The molecule has 3 N–H and O–H groups in total. The minimum atomic E-state index is -0.152. The van der Waals surface area contributed by atoms with Crippen molar-refractivity contribution in [3.05, 3.63) is 76.6 Å². The average molecular weight is 455 g/mol. The zero-order valence-electron chi connectivity index (χ0n) is 20.4. The van der Waals surface area contributed by atoms with Crippen LogP contribution in [-0.2, 0) is 6.54 Å². The number of nitrogens with zero attached hydrogens (tertiary/aromatic N) is 1. The molecular formula is C29H34N4O. The molecule has 2 saturated carbocycles. The summed E-state index contributed by atoms with van der Waals surface area (Å²) in [5.41, 5.74) is 9.48. The van der Waals surface area contributed by atoms with Gasteiger partial charge in [-0.1, -0.05) is 30.7 Å². The molecule has 34 heavy (non-hydrogen) atoms. The number of carbonyl (C=O) groups is 1. The van der Waals surface area contributed by atoms with Crippen molar-refractivity contribution in [1.29, 1.82) is 0 Å². The number of hydrogen-bond acceptors (Lipinski definition) is 4. The lowest BCUT2D eigenvalue weighted by atomic mass is 9.92.